The fraction of sp³-hybridized carbons (Fsp3) is 0.354. The van der Waals surface area contributed by atoms with Crippen molar-refractivity contribution in [3.63, 3.8) is 0 Å². The molecule has 0 spiro atoms. The minimum atomic E-state index is -2.80. The van der Waals surface area contributed by atoms with Gasteiger partial charge in [0, 0.05) is 17.0 Å². The number of fused-ring (bicyclic) bond motifs is 3. The molecule has 0 bridgehead atoms. The zero-order valence-electron chi connectivity index (χ0n) is 37.3. The Morgan fingerprint density at radius 3 is 1.88 bits per heavy atom. The highest BCUT2D eigenvalue weighted by atomic mass is 31.1. The molecule has 0 radical (unpaired) electrons. The summed E-state index contributed by atoms with van der Waals surface area (Å²) < 4.78 is 63.9. The Morgan fingerprint density at radius 1 is 0.750 bits per heavy atom. The summed E-state index contributed by atoms with van der Waals surface area (Å²) in [5, 5.41) is 0. The minimum absolute atomic E-state index is 0.0875. The van der Waals surface area contributed by atoms with Crippen molar-refractivity contribution >= 4 is 33.5 Å². The van der Waals surface area contributed by atoms with E-state index in [1.54, 1.807) is 66.2 Å². The first-order valence-electron chi connectivity index (χ1n) is 21.5. The normalized spacial score (nSPS) is 18.4. The smallest absolute Gasteiger partial charge is 0.497 e. The predicted molar refractivity (Wildman–Crippen MR) is 247 cm³/mol. The zero-order valence-corrected chi connectivity index (χ0v) is 39.2. The highest BCUT2D eigenvalue weighted by molar-refractivity contribution is 7.33. The lowest BCUT2D eigenvalue weighted by molar-refractivity contribution is -0.0920. The van der Waals surface area contributed by atoms with Crippen LogP contribution in [0.25, 0.3) is 16.9 Å². The van der Waals surface area contributed by atoms with Crippen LogP contribution in [0.4, 0.5) is 0 Å². The van der Waals surface area contributed by atoms with Crippen LogP contribution in [0.1, 0.15) is 64.5 Å². The molecule has 16 heteroatoms. The number of aromatic amines is 1. The number of ether oxygens (including phenoxy) is 4. The summed E-state index contributed by atoms with van der Waals surface area (Å²) >= 11 is 0. The lowest BCUT2D eigenvalue weighted by atomic mass is 9.80. The van der Waals surface area contributed by atoms with Gasteiger partial charge in [0.1, 0.15) is 29.3 Å². The van der Waals surface area contributed by atoms with Crippen LogP contribution < -0.4 is 19.6 Å². The van der Waals surface area contributed by atoms with Crippen molar-refractivity contribution in [2.45, 2.75) is 88.3 Å². The maximum Gasteiger partial charge on any atom is 0.750 e. The predicted octanol–water partition coefficient (Wildman–Crippen LogP) is 9.98. The van der Waals surface area contributed by atoms with Gasteiger partial charge in [0.05, 0.1) is 27.2 Å². The molecule has 8 rings (SSSR count). The fourth-order valence-corrected chi connectivity index (χ4v) is 15.9. The standard InChI is InChI=1S/C48H54N5O9PSi/c1-31(2)64(32(3)4,33(5)6)62-43-42(61-63(55)60-39-17-13-10-14-18-39)40(59-46(43)53-30-50-41-44(54)51-47-49-27-28-52(47)45(41)53)29-58-48(34-15-11-9-12-16-34,35-19-23-37(56-7)24-20-35)36-21-25-38(57-8)26-22-36/h9-28,30-33,40,42-43,46H,29H2,1-8H3/p+1/t40-,42-,43-,46-/m1/s1. The van der Waals surface area contributed by atoms with E-state index >= 15 is 0 Å². The Morgan fingerprint density at radius 2 is 1.31 bits per heavy atom. The van der Waals surface area contributed by atoms with Crippen LogP contribution in [0, 0.1) is 0 Å². The number of nitrogens with zero attached hydrogens (tertiary/aromatic N) is 4. The van der Waals surface area contributed by atoms with E-state index in [-0.39, 0.29) is 28.7 Å². The molecule has 0 amide bonds. The van der Waals surface area contributed by atoms with E-state index in [2.05, 4.69) is 56.5 Å². The molecule has 3 aromatic heterocycles. The minimum Gasteiger partial charge on any atom is -0.497 e. The number of methoxy groups -OCH3 is 2. The third-order valence-electron chi connectivity index (χ3n) is 12.5. The first-order chi connectivity index (χ1) is 30.9. The van der Waals surface area contributed by atoms with E-state index in [4.69, 9.17) is 32.4 Å². The first-order valence-corrected chi connectivity index (χ1v) is 24.8. The number of hydrogen-bond acceptors (Lipinski definition) is 11. The average Bonchev–Trinajstić information content (AvgIpc) is 4.04. The van der Waals surface area contributed by atoms with Crippen molar-refractivity contribution < 1.29 is 37.0 Å². The molecular formula is C48H55N5O9PSi+. The molecule has 1 aliphatic heterocycles. The van der Waals surface area contributed by atoms with Crippen molar-refractivity contribution in [2.24, 2.45) is 0 Å². The number of nitrogens with one attached hydrogen (secondary N) is 1. The Labute approximate surface area is 374 Å². The van der Waals surface area contributed by atoms with Crippen LogP contribution >= 0.6 is 8.25 Å². The third-order valence-corrected chi connectivity index (χ3v) is 19.3. The molecule has 4 aromatic carbocycles. The van der Waals surface area contributed by atoms with Crippen molar-refractivity contribution in [2.75, 3.05) is 20.8 Å². The van der Waals surface area contributed by atoms with E-state index in [1.165, 1.54) is 0 Å². The van der Waals surface area contributed by atoms with Crippen molar-refractivity contribution in [3.05, 3.63) is 155 Å². The maximum atomic E-state index is 14.3. The van der Waals surface area contributed by atoms with Crippen molar-refractivity contribution in [1.82, 2.24) is 23.9 Å². The van der Waals surface area contributed by atoms with Gasteiger partial charge < -0.3 is 23.4 Å². The number of hydrogen-bond donors (Lipinski definition) is 1. The Kier molecular flexibility index (Phi) is 13.2. The highest BCUT2D eigenvalue weighted by Gasteiger charge is 2.58. The van der Waals surface area contributed by atoms with Crippen LogP contribution in [-0.4, -0.2) is 71.4 Å². The second-order valence-corrected chi connectivity index (χ2v) is 23.1. The summed E-state index contributed by atoms with van der Waals surface area (Å²) in [5.74, 6) is 2.09. The first kappa shape index (κ1) is 44.9. The largest absolute Gasteiger partial charge is 0.750 e. The summed E-state index contributed by atoms with van der Waals surface area (Å²) in [7, 11) is -2.32. The lowest BCUT2D eigenvalue weighted by Crippen LogP contribution is -2.53. The molecule has 5 atom stereocenters. The fourth-order valence-electron chi connectivity index (χ4n) is 9.60. The summed E-state index contributed by atoms with van der Waals surface area (Å²) in [4.78, 5) is 25.3. The number of rotatable bonds is 18. The van der Waals surface area contributed by atoms with Gasteiger partial charge in [0.2, 0.25) is 14.1 Å². The third kappa shape index (κ3) is 8.28. The molecule has 1 saturated heterocycles. The lowest BCUT2D eigenvalue weighted by Gasteiger charge is -2.45. The monoisotopic (exact) mass is 904 g/mol. The maximum absolute atomic E-state index is 14.3. The van der Waals surface area contributed by atoms with E-state index in [9.17, 15) is 9.36 Å². The topological polar surface area (TPSA) is 150 Å². The summed E-state index contributed by atoms with van der Waals surface area (Å²) in [5.41, 5.74) is 1.92. The molecule has 1 fully saturated rings. The molecule has 7 aromatic rings. The van der Waals surface area contributed by atoms with Crippen LogP contribution in [0.3, 0.4) is 0 Å². The van der Waals surface area contributed by atoms with Gasteiger partial charge in [-0.1, -0.05) is 114 Å². The van der Waals surface area contributed by atoms with Gasteiger partial charge in [-0.2, -0.15) is 0 Å². The van der Waals surface area contributed by atoms with Gasteiger partial charge in [-0.3, -0.25) is 18.7 Å². The number of para-hydroxylation sites is 1. The van der Waals surface area contributed by atoms with Gasteiger partial charge in [-0.05, 0) is 69.7 Å². The molecule has 64 heavy (non-hydrogen) atoms. The number of aromatic nitrogens is 5. The summed E-state index contributed by atoms with van der Waals surface area (Å²) in [6.45, 7) is 13.1. The van der Waals surface area contributed by atoms with Crippen LogP contribution in [0.2, 0.25) is 16.6 Å². The zero-order chi connectivity index (χ0) is 45.2. The number of imidazole rings is 2. The molecule has 14 nitrogen and oxygen atoms in total. The van der Waals surface area contributed by atoms with E-state index in [0.29, 0.717) is 28.7 Å². The highest BCUT2D eigenvalue weighted by Crippen LogP contribution is 2.50. The van der Waals surface area contributed by atoms with Gasteiger partial charge in [-0.25, -0.2) is 14.5 Å². The molecule has 4 heterocycles. The summed E-state index contributed by atoms with van der Waals surface area (Å²) in [6, 6.07) is 34.4. The van der Waals surface area contributed by atoms with E-state index in [1.807, 2.05) is 84.9 Å². The molecule has 334 valence electrons. The van der Waals surface area contributed by atoms with Crippen LogP contribution in [0.5, 0.6) is 17.2 Å². The molecule has 1 N–H and O–H groups in total. The van der Waals surface area contributed by atoms with Gasteiger partial charge >= 0.3 is 8.25 Å². The Hall–Kier alpha value is -5.67. The SMILES string of the molecule is COc1ccc(C(OC[C@H]2O[C@@H](n3cnc4c(=O)[nH]c5nccn5c43)[C@H](O[Si](C(C)C)(C(C)C)C(C)C)[C@@H]2O[P+](=O)Oc2ccccc2)(c2ccccc2)c2ccc(OC)cc2)cc1. The average molecular weight is 905 g/mol. The second-order valence-electron chi connectivity index (χ2n) is 16.9. The van der Waals surface area contributed by atoms with Gasteiger partial charge in [0.15, 0.2) is 29.2 Å². The van der Waals surface area contributed by atoms with Gasteiger partial charge in [0.25, 0.3) is 5.56 Å². The summed E-state index contributed by atoms with van der Waals surface area (Å²) in [6.07, 6.45) is 1.13. The van der Waals surface area contributed by atoms with Crippen molar-refractivity contribution in [1.29, 1.82) is 0 Å². The van der Waals surface area contributed by atoms with Crippen LogP contribution in [-0.2, 0) is 28.6 Å². The van der Waals surface area contributed by atoms with Gasteiger partial charge in [-0.15, -0.1) is 4.52 Å². The van der Waals surface area contributed by atoms with E-state index < -0.39 is 52.3 Å². The Bertz CT molecular complexity index is 2660. The second kappa shape index (κ2) is 18.8. The number of H-pyrrole nitrogens is 1. The van der Waals surface area contributed by atoms with E-state index in [0.717, 1.165) is 16.7 Å². The number of benzene rings is 4. The van der Waals surface area contributed by atoms with Crippen molar-refractivity contribution in [3.8, 4) is 17.2 Å². The Balaban J connectivity index is 1.31. The molecule has 0 aliphatic carbocycles. The molecule has 1 aliphatic rings. The van der Waals surface area contributed by atoms with Crippen LogP contribution in [0.15, 0.2) is 133 Å². The molecular weight excluding hydrogens is 850 g/mol. The molecule has 0 saturated carbocycles. The quantitative estimate of drug-likeness (QED) is 0.0498. The molecule has 1 unspecified atom stereocenters.